The summed E-state index contributed by atoms with van der Waals surface area (Å²) in [5.41, 5.74) is 0. The summed E-state index contributed by atoms with van der Waals surface area (Å²) in [6, 6.07) is 0. The molecule has 0 saturated carbocycles. The molecule has 1 unspecified atom stereocenters. The van der Waals surface area contributed by atoms with Gasteiger partial charge < -0.3 is 10.6 Å². The molecule has 0 aliphatic carbocycles. The van der Waals surface area contributed by atoms with E-state index in [1.165, 1.54) is 4.31 Å². The van der Waals surface area contributed by atoms with Crippen molar-refractivity contribution in [1.82, 2.24) is 19.7 Å². The molecule has 2 heterocycles. The topological polar surface area (TPSA) is 73.5 Å². The van der Waals surface area contributed by atoms with Gasteiger partial charge in [-0.25, -0.2) is 0 Å². The van der Waals surface area contributed by atoms with Gasteiger partial charge in [-0.2, -0.15) is 17.4 Å². The minimum atomic E-state index is -3.30. The summed E-state index contributed by atoms with van der Waals surface area (Å²) in [6.45, 7) is 3.48. The molecular formula is C9H20N4O2S. The Morgan fingerprint density at radius 2 is 1.88 bits per heavy atom. The first-order valence-corrected chi connectivity index (χ1v) is 7.34. The lowest BCUT2D eigenvalue weighted by Crippen LogP contribution is -2.56. The Morgan fingerprint density at radius 3 is 2.50 bits per heavy atom. The second kappa shape index (κ2) is 5.42. The maximum atomic E-state index is 12.0. The molecule has 3 N–H and O–H groups in total. The highest BCUT2D eigenvalue weighted by Gasteiger charge is 2.26. The van der Waals surface area contributed by atoms with E-state index in [-0.39, 0.29) is 6.17 Å². The number of piperidine rings is 1. The third kappa shape index (κ3) is 3.14. The molecule has 0 spiro atoms. The molecule has 2 aliphatic heterocycles. The summed E-state index contributed by atoms with van der Waals surface area (Å²) < 4.78 is 28.2. The van der Waals surface area contributed by atoms with Crippen molar-refractivity contribution < 1.29 is 8.42 Å². The third-order valence-electron chi connectivity index (χ3n) is 3.02. The molecular weight excluding hydrogens is 228 g/mol. The van der Waals surface area contributed by atoms with Gasteiger partial charge in [0.25, 0.3) is 10.2 Å². The van der Waals surface area contributed by atoms with Crippen molar-refractivity contribution in [3.8, 4) is 0 Å². The van der Waals surface area contributed by atoms with Crippen molar-refractivity contribution in [1.29, 1.82) is 0 Å². The number of nitrogens with one attached hydrogen (secondary N) is 3. The lowest BCUT2D eigenvalue weighted by Gasteiger charge is -2.30. The average Bonchev–Trinajstić information content (AvgIpc) is 2.31. The van der Waals surface area contributed by atoms with Crippen LogP contribution in [0.1, 0.15) is 19.3 Å². The Kier molecular flexibility index (Phi) is 4.15. The minimum Gasteiger partial charge on any atom is -0.314 e. The van der Waals surface area contributed by atoms with Crippen LogP contribution in [0.4, 0.5) is 0 Å². The van der Waals surface area contributed by atoms with Crippen molar-refractivity contribution in [3.63, 3.8) is 0 Å². The summed E-state index contributed by atoms with van der Waals surface area (Å²) in [7, 11) is -3.30. The van der Waals surface area contributed by atoms with Crippen LogP contribution in [0, 0.1) is 0 Å². The van der Waals surface area contributed by atoms with E-state index in [2.05, 4.69) is 15.4 Å². The van der Waals surface area contributed by atoms with E-state index in [1.54, 1.807) is 0 Å². The zero-order valence-electron chi connectivity index (χ0n) is 9.41. The Morgan fingerprint density at radius 1 is 1.12 bits per heavy atom. The number of hydrogen-bond donors (Lipinski definition) is 3. The maximum Gasteiger partial charge on any atom is 0.280 e. The smallest absolute Gasteiger partial charge is 0.280 e. The van der Waals surface area contributed by atoms with Crippen LogP contribution in [-0.4, -0.2) is 51.6 Å². The van der Waals surface area contributed by atoms with Gasteiger partial charge in [0.2, 0.25) is 0 Å². The summed E-state index contributed by atoms with van der Waals surface area (Å²) in [6.07, 6.45) is 3.01. The standard InChI is InChI=1S/C9H20N4O2S/c14-16(15,13-7-5-10-6-8-13)12-9-3-1-2-4-11-9/h9-12H,1-8H2. The fourth-order valence-corrected chi connectivity index (χ4v) is 3.46. The lowest BCUT2D eigenvalue weighted by molar-refractivity contribution is 0.332. The maximum absolute atomic E-state index is 12.0. The van der Waals surface area contributed by atoms with Gasteiger partial charge >= 0.3 is 0 Å². The highest BCUT2D eigenvalue weighted by molar-refractivity contribution is 7.87. The second-order valence-corrected chi connectivity index (χ2v) is 5.98. The molecule has 16 heavy (non-hydrogen) atoms. The van der Waals surface area contributed by atoms with E-state index in [4.69, 9.17) is 0 Å². The Bertz CT molecular complexity index is 307. The summed E-state index contributed by atoms with van der Waals surface area (Å²) in [4.78, 5) is 0. The van der Waals surface area contributed by atoms with Gasteiger partial charge in [0.05, 0.1) is 6.17 Å². The first-order valence-electron chi connectivity index (χ1n) is 5.90. The highest BCUT2D eigenvalue weighted by Crippen LogP contribution is 2.08. The van der Waals surface area contributed by atoms with Crippen LogP contribution in [-0.2, 0) is 10.2 Å². The van der Waals surface area contributed by atoms with Gasteiger partial charge in [0, 0.05) is 26.2 Å². The van der Waals surface area contributed by atoms with E-state index in [9.17, 15) is 8.42 Å². The van der Waals surface area contributed by atoms with Crippen molar-refractivity contribution in [2.75, 3.05) is 32.7 Å². The SMILES string of the molecule is O=S(=O)(NC1CCCCN1)N1CCNCC1. The molecule has 0 amide bonds. The zero-order chi connectivity index (χ0) is 11.4. The predicted octanol–water partition coefficient (Wildman–Crippen LogP) is -1.17. The van der Waals surface area contributed by atoms with Crippen LogP contribution in [0.5, 0.6) is 0 Å². The zero-order valence-corrected chi connectivity index (χ0v) is 10.2. The molecule has 0 aromatic heterocycles. The van der Waals surface area contributed by atoms with Crippen molar-refractivity contribution in [3.05, 3.63) is 0 Å². The molecule has 0 radical (unpaired) electrons. The van der Waals surface area contributed by atoms with Crippen LogP contribution in [0.25, 0.3) is 0 Å². The van der Waals surface area contributed by atoms with E-state index < -0.39 is 10.2 Å². The van der Waals surface area contributed by atoms with Crippen LogP contribution in [0.3, 0.4) is 0 Å². The molecule has 2 rings (SSSR count). The van der Waals surface area contributed by atoms with Gasteiger partial charge in [0.15, 0.2) is 0 Å². The highest BCUT2D eigenvalue weighted by atomic mass is 32.2. The van der Waals surface area contributed by atoms with Crippen molar-refractivity contribution in [2.24, 2.45) is 0 Å². The van der Waals surface area contributed by atoms with E-state index in [0.717, 1.165) is 38.9 Å². The quantitative estimate of drug-likeness (QED) is 0.588. The molecule has 2 saturated heterocycles. The van der Waals surface area contributed by atoms with Crippen LogP contribution >= 0.6 is 0 Å². The first-order chi connectivity index (χ1) is 7.68. The first kappa shape index (κ1) is 12.3. The fraction of sp³-hybridized carbons (Fsp3) is 1.00. The number of rotatable bonds is 3. The normalized spacial score (nSPS) is 29.1. The van der Waals surface area contributed by atoms with Gasteiger partial charge in [0.1, 0.15) is 0 Å². The van der Waals surface area contributed by atoms with Crippen LogP contribution < -0.4 is 15.4 Å². The van der Waals surface area contributed by atoms with Gasteiger partial charge in [-0.3, -0.25) is 0 Å². The molecule has 7 heteroatoms. The largest absolute Gasteiger partial charge is 0.314 e. The molecule has 94 valence electrons. The number of nitrogens with zero attached hydrogens (tertiary/aromatic N) is 1. The van der Waals surface area contributed by atoms with Gasteiger partial charge in [-0.05, 0) is 25.8 Å². The minimum absolute atomic E-state index is 0.0892. The Hall–Kier alpha value is -0.210. The summed E-state index contributed by atoms with van der Waals surface area (Å²) in [5, 5.41) is 6.32. The van der Waals surface area contributed by atoms with Gasteiger partial charge in [-0.1, -0.05) is 0 Å². The molecule has 2 aliphatic rings. The molecule has 0 aromatic rings. The molecule has 1 atom stereocenters. The van der Waals surface area contributed by atoms with Crippen LogP contribution in [0.15, 0.2) is 0 Å². The summed E-state index contributed by atoms with van der Waals surface area (Å²) in [5.74, 6) is 0. The lowest BCUT2D eigenvalue weighted by atomic mass is 10.1. The van der Waals surface area contributed by atoms with Crippen molar-refractivity contribution >= 4 is 10.2 Å². The predicted molar refractivity (Wildman–Crippen MR) is 62.1 cm³/mol. The molecule has 0 aromatic carbocycles. The third-order valence-corrected chi connectivity index (χ3v) is 4.64. The summed E-state index contributed by atoms with van der Waals surface area (Å²) >= 11 is 0. The van der Waals surface area contributed by atoms with Crippen molar-refractivity contribution in [2.45, 2.75) is 25.4 Å². The molecule has 0 bridgehead atoms. The average molecular weight is 248 g/mol. The number of hydrogen-bond acceptors (Lipinski definition) is 4. The number of piperazine rings is 1. The second-order valence-electron chi connectivity index (χ2n) is 4.27. The molecule has 2 fully saturated rings. The monoisotopic (exact) mass is 248 g/mol. The van der Waals surface area contributed by atoms with Gasteiger partial charge in [-0.15, -0.1) is 0 Å². The van der Waals surface area contributed by atoms with Crippen LogP contribution in [0.2, 0.25) is 0 Å². The fourth-order valence-electron chi connectivity index (χ4n) is 2.09. The Balaban J connectivity index is 1.90. The van der Waals surface area contributed by atoms with E-state index >= 15 is 0 Å². The Labute approximate surface area is 97.0 Å². The van der Waals surface area contributed by atoms with E-state index in [0.29, 0.717) is 13.1 Å². The van der Waals surface area contributed by atoms with E-state index in [1.807, 2.05) is 0 Å². The molecule has 6 nitrogen and oxygen atoms in total.